The van der Waals surface area contributed by atoms with E-state index in [4.69, 9.17) is 5.73 Å². The molecule has 0 amide bonds. The normalized spacial score (nSPS) is 15.0. The molecule has 0 saturated carbocycles. The molecule has 0 saturated heterocycles. The van der Waals surface area contributed by atoms with E-state index >= 15 is 0 Å². The molecule has 1 aliphatic rings. The van der Waals surface area contributed by atoms with E-state index in [-0.39, 0.29) is 0 Å². The van der Waals surface area contributed by atoms with Crippen molar-refractivity contribution in [2.45, 2.75) is 13.0 Å². The van der Waals surface area contributed by atoms with Crippen LogP contribution in [0, 0.1) is 0 Å². The zero-order valence-electron chi connectivity index (χ0n) is 8.54. The topological polar surface area (TPSA) is 67.1 Å². The van der Waals surface area contributed by atoms with Gasteiger partial charge in [-0.15, -0.1) is 0 Å². The number of rotatable bonds is 1. The van der Waals surface area contributed by atoms with Gasteiger partial charge in [0.25, 0.3) is 0 Å². The molecule has 2 heterocycles. The lowest BCUT2D eigenvalue weighted by Crippen LogP contribution is -2.27. The summed E-state index contributed by atoms with van der Waals surface area (Å²) in [6.45, 7) is 1.75. The summed E-state index contributed by atoms with van der Waals surface area (Å²) in [5.41, 5.74) is 8.01. The minimum absolute atomic E-state index is 0.625. The molecule has 0 fully saturated rings. The van der Waals surface area contributed by atoms with Gasteiger partial charge in [0.05, 0.1) is 5.69 Å². The Morgan fingerprint density at radius 3 is 2.86 bits per heavy atom. The van der Waals surface area contributed by atoms with Crippen LogP contribution in [0.2, 0.25) is 0 Å². The van der Waals surface area contributed by atoms with Gasteiger partial charge in [-0.25, -0.2) is 4.98 Å². The minimum Gasteiger partial charge on any atom is -0.383 e. The number of anilines is 2. The first-order valence-corrected chi connectivity index (χ1v) is 4.72. The largest absolute Gasteiger partial charge is 0.383 e. The quantitative estimate of drug-likeness (QED) is 0.645. The Bertz CT molecular complexity index is 347. The van der Waals surface area contributed by atoms with E-state index in [2.05, 4.69) is 15.3 Å². The van der Waals surface area contributed by atoms with E-state index in [1.165, 1.54) is 0 Å². The minimum atomic E-state index is 0.625. The van der Waals surface area contributed by atoms with E-state index in [1.54, 1.807) is 0 Å². The van der Waals surface area contributed by atoms with Gasteiger partial charge in [0.2, 0.25) is 5.95 Å². The number of fused-ring (bicyclic) bond motifs is 1. The van der Waals surface area contributed by atoms with Crippen LogP contribution in [0.15, 0.2) is 0 Å². The van der Waals surface area contributed by atoms with Crippen molar-refractivity contribution in [3.63, 3.8) is 0 Å². The highest BCUT2D eigenvalue weighted by Gasteiger charge is 2.16. The summed E-state index contributed by atoms with van der Waals surface area (Å²) >= 11 is 0. The van der Waals surface area contributed by atoms with Gasteiger partial charge in [0.1, 0.15) is 5.82 Å². The third-order valence-electron chi connectivity index (χ3n) is 2.36. The van der Waals surface area contributed by atoms with Crippen molar-refractivity contribution in [3.8, 4) is 0 Å². The summed E-state index contributed by atoms with van der Waals surface area (Å²) in [6.07, 6.45) is 0.925. The van der Waals surface area contributed by atoms with Crippen LogP contribution in [0.3, 0.4) is 0 Å². The monoisotopic (exact) mass is 193 g/mol. The number of nitrogens with zero attached hydrogens (tertiary/aromatic N) is 3. The zero-order chi connectivity index (χ0) is 10.1. The Labute approximate surface area is 83.3 Å². The van der Waals surface area contributed by atoms with E-state index in [9.17, 15) is 0 Å². The van der Waals surface area contributed by atoms with Crippen LogP contribution in [0.1, 0.15) is 11.3 Å². The highest BCUT2D eigenvalue weighted by molar-refractivity contribution is 5.48. The molecule has 0 aromatic carbocycles. The Hall–Kier alpha value is -1.36. The maximum Gasteiger partial charge on any atom is 0.227 e. The highest BCUT2D eigenvalue weighted by Crippen LogP contribution is 2.19. The Morgan fingerprint density at radius 1 is 1.36 bits per heavy atom. The van der Waals surface area contributed by atoms with Crippen molar-refractivity contribution < 1.29 is 0 Å². The first kappa shape index (κ1) is 9.21. The van der Waals surface area contributed by atoms with Crippen molar-refractivity contribution in [2.24, 2.45) is 0 Å². The Kier molecular flexibility index (Phi) is 2.25. The maximum absolute atomic E-state index is 5.87. The third kappa shape index (κ3) is 1.50. The fourth-order valence-corrected chi connectivity index (χ4v) is 1.58. The van der Waals surface area contributed by atoms with Crippen molar-refractivity contribution >= 4 is 11.8 Å². The number of hydrogen-bond donors (Lipinski definition) is 2. The van der Waals surface area contributed by atoms with E-state index in [0.717, 1.165) is 30.8 Å². The molecule has 2 rings (SSSR count). The standard InChI is InChI=1S/C9H15N5/c1-14(2)9-12-7-5-11-4-3-6(7)8(10)13-9/h11H,3-5H2,1-2H3,(H2,10,12,13). The van der Waals surface area contributed by atoms with Crippen LogP contribution >= 0.6 is 0 Å². The molecule has 0 atom stereocenters. The lowest BCUT2D eigenvalue weighted by molar-refractivity contribution is 0.624. The van der Waals surface area contributed by atoms with Crippen LogP contribution in [0.25, 0.3) is 0 Å². The SMILES string of the molecule is CN(C)c1nc(N)c2c(n1)CNCC2. The molecule has 1 aromatic rings. The molecule has 0 unspecified atom stereocenters. The first-order valence-electron chi connectivity index (χ1n) is 4.72. The van der Waals surface area contributed by atoms with Gasteiger partial charge in [-0.3, -0.25) is 0 Å². The van der Waals surface area contributed by atoms with Crippen molar-refractivity contribution in [2.75, 3.05) is 31.3 Å². The smallest absolute Gasteiger partial charge is 0.227 e. The molecule has 5 heteroatoms. The van der Waals surface area contributed by atoms with Crippen molar-refractivity contribution in [3.05, 3.63) is 11.3 Å². The molecule has 0 radical (unpaired) electrons. The highest BCUT2D eigenvalue weighted by atomic mass is 15.2. The predicted molar refractivity (Wildman–Crippen MR) is 56.2 cm³/mol. The van der Waals surface area contributed by atoms with Crippen LogP contribution < -0.4 is 16.0 Å². The molecule has 14 heavy (non-hydrogen) atoms. The Balaban J connectivity index is 2.46. The number of nitrogens with one attached hydrogen (secondary N) is 1. The summed E-state index contributed by atoms with van der Waals surface area (Å²) in [4.78, 5) is 10.6. The second-order valence-corrected chi connectivity index (χ2v) is 3.66. The number of aromatic nitrogens is 2. The molecule has 1 aliphatic heterocycles. The number of nitrogens with two attached hydrogens (primary N) is 1. The van der Waals surface area contributed by atoms with Crippen LogP contribution in [0.5, 0.6) is 0 Å². The second-order valence-electron chi connectivity index (χ2n) is 3.66. The molecule has 0 bridgehead atoms. The molecular formula is C9H15N5. The first-order chi connectivity index (χ1) is 6.68. The maximum atomic E-state index is 5.87. The summed E-state index contributed by atoms with van der Waals surface area (Å²) in [7, 11) is 3.83. The molecular weight excluding hydrogens is 178 g/mol. The van der Waals surface area contributed by atoms with Gasteiger partial charge >= 0.3 is 0 Å². The average molecular weight is 193 g/mol. The zero-order valence-corrected chi connectivity index (χ0v) is 8.54. The lowest BCUT2D eigenvalue weighted by atomic mass is 10.1. The average Bonchev–Trinajstić information content (AvgIpc) is 2.17. The van der Waals surface area contributed by atoms with Crippen LogP contribution in [-0.4, -0.2) is 30.6 Å². The molecule has 1 aromatic heterocycles. The van der Waals surface area contributed by atoms with Gasteiger partial charge in [0, 0.05) is 26.2 Å². The molecule has 0 aliphatic carbocycles. The van der Waals surface area contributed by atoms with E-state index in [1.807, 2.05) is 19.0 Å². The van der Waals surface area contributed by atoms with Crippen molar-refractivity contribution in [1.82, 2.24) is 15.3 Å². The Morgan fingerprint density at radius 2 is 2.14 bits per heavy atom. The van der Waals surface area contributed by atoms with Gasteiger partial charge in [-0.05, 0) is 13.0 Å². The fraction of sp³-hybridized carbons (Fsp3) is 0.556. The van der Waals surface area contributed by atoms with Crippen molar-refractivity contribution in [1.29, 1.82) is 0 Å². The lowest BCUT2D eigenvalue weighted by Gasteiger charge is -2.20. The molecule has 76 valence electrons. The number of hydrogen-bond acceptors (Lipinski definition) is 5. The fourth-order valence-electron chi connectivity index (χ4n) is 1.58. The second kappa shape index (κ2) is 3.42. The van der Waals surface area contributed by atoms with E-state index < -0.39 is 0 Å². The summed E-state index contributed by atoms with van der Waals surface area (Å²) < 4.78 is 0. The summed E-state index contributed by atoms with van der Waals surface area (Å²) in [6, 6.07) is 0. The molecule has 3 N–H and O–H groups in total. The van der Waals surface area contributed by atoms with Gasteiger partial charge in [-0.2, -0.15) is 4.98 Å². The molecule has 5 nitrogen and oxygen atoms in total. The van der Waals surface area contributed by atoms with Gasteiger partial charge in [-0.1, -0.05) is 0 Å². The summed E-state index contributed by atoms with van der Waals surface area (Å²) in [5.74, 6) is 1.31. The summed E-state index contributed by atoms with van der Waals surface area (Å²) in [5, 5.41) is 3.27. The number of nitrogen functional groups attached to an aromatic ring is 1. The molecule has 0 spiro atoms. The van der Waals surface area contributed by atoms with Gasteiger partial charge < -0.3 is 16.0 Å². The third-order valence-corrected chi connectivity index (χ3v) is 2.36. The van der Waals surface area contributed by atoms with Gasteiger partial charge in [0.15, 0.2) is 0 Å². The predicted octanol–water partition coefficient (Wildman–Crippen LogP) is -0.230. The van der Waals surface area contributed by atoms with Crippen LogP contribution in [0.4, 0.5) is 11.8 Å². The van der Waals surface area contributed by atoms with Crippen LogP contribution in [-0.2, 0) is 13.0 Å². The van der Waals surface area contributed by atoms with E-state index in [0.29, 0.717) is 11.8 Å².